The lowest BCUT2D eigenvalue weighted by molar-refractivity contribution is -0.113. The largest absolute Gasteiger partial charge is 0.445 e. The number of hydrogen-bond donors (Lipinski definition) is 0. The average molecular weight is 247 g/mol. The lowest BCUT2D eigenvalue weighted by Gasteiger charge is -2.31. The number of nitrogens with zero attached hydrogens (tertiary/aromatic N) is 1. The Labute approximate surface area is 107 Å². The summed E-state index contributed by atoms with van der Waals surface area (Å²) in [7, 11) is 0. The molecule has 1 aromatic carbocycles. The van der Waals surface area contributed by atoms with Crippen molar-refractivity contribution >= 4 is 12.4 Å². The quantitative estimate of drug-likeness (QED) is 0.770. The van der Waals surface area contributed by atoms with Crippen LogP contribution in [0.25, 0.3) is 0 Å². The number of carbonyl (C=O) groups is 2. The maximum atomic E-state index is 11.9. The molecule has 4 heteroatoms. The lowest BCUT2D eigenvalue weighted by Crippen LogP contribution is -2.44. The highest BCUT2D eigenvalue weighted by Crippen LogP contribution is 2.16. The van der Waals surface area contributed by atoms with Crippen LogP contribution in [0, 0.1) is 0 Å². The topological polar surface area (TPSA) is 46.6 Å². The van der Waals surface area contributed by atoms with Gasteiger partial charge in [0.1, 0.15) is 12.9 Å². The molecule has 1 amide bonds. The average Bonchev–Trinajstić information content (AvgIpc) is 2.45. The maximum absolute atomic E-state index is 11.9. The fourth-order valence-electron chi connectivity index (χ4n) is 2.13. The van der Waals surface area contributed by atoms with Gasteiger partial charge in [0.15, 0.2) is 0 Å². The van der Waals surface area contributed by atoms with Crippen LogP contribution < -0.4 is 0 Å². The monoisotopic (exact) mass is 247 g/mol. The van der Waals surface area contributed by atoms with Crippen molar-refractivity contribution in [2.75, 3.05) is 6.54 Å². The normalized spacial score (nSPS) is 19.3. The van der Waals surface area contributed by atoms with Gasteiger partial charge in [0.05, 0.1) is 6.04 Å². The van der Waals surface area contributed by atoms with Gasteiger partial charge < -0.3 is 9.53 Å². The number of benzene rings is 1. The molecule has 1 aliphatic heterocycles. The molecular weight excluding hydrogens is 230 g/mol. The fraction of sp³-hybridized carbons (Fsp3) is 0.429. The Kier molecular flexibility index (Phi) is 4.34. The van der Waals surface area contributed by atoms with E-state index in [-0.39, 0.29) is 12.6 Å². The molecular formula is C14H17NO3. The van der Waals surface area contributed by atoms with Crippen LogP contribution in [0.1, 0.15) is 24.8 Å². The summed E-state index contributed by atoms with van der Waals surface area (Å²) in [4.78, 5) is 24.3. The number of rotatable bonds is 3. The highest BCUT2D eigenvalue weighted by molar-refractivity contribution is 5.73. The molecule has 1 aliphatic rings. The van der Waals surface area contributed by atoms with E-state index in [2.05, 4.69) is 0 Å². The first-order chi connectivity index (χ1) is 8.81. The number of hydrogen-bond acceptors (Lipinski definition) is 3. The smallest absolute Gasteiger partial charge is 0.410 e. The second kappa shape index (κ2) is 6.19. The third-order valence-electron chi connectivity index (χ3n) is 3.15. The Morgan fingerprint density at radius 2 is 2.11 bits per heavy atom. The van der Waals surface area contributed by atoms with Gasteiger partial charge in [0.25, 0.3) is 0 Å². The lowest BCUT2D eigenvalue weighted by atomic mass is 10.0. The zero-order chi connectivity index (χ0) is 12.8. The highest BCUT2D eigenvalue weighted by atomic mass is 16.6. The van der Waals surface area contributed by atoms with Crippen LogP contribution in [0.3, 0.4) is 0 Å². The van der Waals surface area contributed by atoms with Crippen molar-refractivity contribution < 1.29 is 14.3 Å². The van der Waals surface area contributed by atoms with Gasteiger partial charge in [-0.1, -0.05) is 30.3 Å². The van der Waals surface area contributed by atoms with Gasteiger partial charge in [-0.2, -0.15) is 0 Å². The molecule has 0 radical (unpaired) electrons. The van der Waals surface area contributed by atoms with Crippen molar-refractivity contribution in [2.24, 2.45) is 0 Å². The van der Waals surface area contributed by atoms with E-state index < -0.39 is 6.09 Å². The molecule has 0 spiro atoms. The summed E-state index contributed by atoms with van der Waals surface area (Å²) in [5, 5.41) is 0. The predicted molar refractivity (Wildman–Crippen MR) is 67.0 cm³/mol. The van der Waals surface area contributed by atoms with Crippen molar-refractivity contribution in [1.29, 1.82) is 0 Å². The summed E-state index contributed by atoms with van der Waals surface area (Å²) in [5.74, 6) is 0. The highest BCUT2D eigenvalue weighted by Gasteiger charge is 2.27. The van der Waals surface area contributed by atoms with Gasteiger partial charge in [-0.3, -0.25) is 4.90 Å². The van der Waals surface area contributed by atoms with Crippen LogP contribution in [0.2, 0.25) is 0 Å². The first kappa shape index (κ1) is 12.6. The van der Waals surface area contributed by atoms with E-state index in [9.17, 15) is 9.59 Å². The molecule has 1 aromatic rings. The SMILES string of the molecule is O=C[C@H]1CCCCN1C(=O)OCc1ccccc1. The first-order valence-corrected chi connectivity index (χ1v) is 6.24. The van der Waals surface area contributed by atoms with Crippen LogP contribution in [0.5, 0.6) is 0 Å². The summed E-state index contributed by atoms with van der Waals surface area (Å²) in [5.41, 5.74) is 0.950. The van der Waals surface area contributed by atoms with E-state index in [1.54, 1.807) is 0 Å². The number of aldehydes is 1. The van der Waals surface area contributed by atoms with Gasteiger partial charge in [-0.05, 0) is 24.8 Å². The van der Waals surface area contributed by atoms with E-state index >= 15 is 0 Å². The van der Waals surface area contributed by atoms with Crippen molar-refractivity contribution in [3.63, 3.8) is 0 Å². The predicted octanol–water partition coefficient (Wildman–Crippen LogP) is 2.38. The third kappa shape index (κ3) is 3.09. The minimum Gasteiger partial charge on any atom is -0.445 e. The summed E-state index contributed by atoms with van der Waals surface area (Å²) in [6, 6.07) is 9.21. The van der Waals surface area contributed by atoms with Crippen LogP contribution >= 0.6 is 0 Å². The molecule has 2 rings (SSSR count). The minimum atomic E-state index is -0.393. The molecule has 0 aromatic heterocycles. The number of piperidine rings is 1. The van der Waals surface area contributed by atoms with Crippen molar-refractivity contribution in [1.82, 2.24) is 4.90 Å². The summed E-state index contributed by atoms with van der Waals surface area (Å²) in [6.07, 6.45) is 3.11. The van der Waals surface area contributed by atoms with Crippen LogP contribution in [0.15, 0.2) is 30.3 Å². The van der Waals surface area contributed by atoms with Gasteiger partial charge in [0, 0.05) is 6.54 Å². The first-order valence-electron chi connectivity index (χ1n) is 6.24. The van der Waals surface area contributed by atoms with E-state index in [0.717, 1.165) is 31.1 Å². The Morgan fingerprint density at radius 3 is 2.83 bits per heavy atom. The molecule has 96 valence electrons. The van der Waals surface area contributed by atoms with E-state index in [4.69, 9.17) is 4.74 Å². The summed E-state index contributed by atoms with van der Waals surface area (Å²) in [6.45, 7) is 0.860. The van der Waals surface area contributed by atoms with E-state index in [0.29, 0.717) is 6.54 Å². The zero-order valence-electron chi connectivity index (χ0n) is 10.2. The van der Waals surface area contributed by atoms with Crippen molar-refractivity contribution in [3.05, 3.63) is 35.9 Å². The Balaban J connectivity index is 1.89. The molecule has 1 heterocycles. The number of ether oxygens (including phenoxy) is 1. The fourth-order valence-corrected chi connectivity index (χ4v) is 2.13. The Hall–Kier alpha value is -1.84. The van der Waals surface area contributed by atoms with Crippen LogP contribution in [-0.2, 0) is 16.1 Å². The molecule has 4 nitrogen and oxygen atoms in total. The van der Waals surface area contributed by atoms with Crippen LogP contribution in [0.4, 0.5) is 4.79 Å². The molecule has 0 bridgehead atoms. The van der Waals surface area contributed by atoms with E-state index in [1.165, 1.54) is 4.90 Å². The molecule has 1 saturated heterocycles. The van der Waals surface area contributed by atoms with Gasteiger partial charge in [-0.25, -0.2) is 4.79 Å². The summed E-state index contributed by atoms with van der Waals surface area (Å²) < 4.78 is 5.23. The Bertz CT molecular complexity index is 405. The molecule has 18 heavy (non-hydrogen) atoms. The van der Waals surface area contributed by atoms with Crippen molar-refractivity contribution in [3.8, 4) is 0 Å². The Morgan fingerprint density at radius 1 is 1.33 bits per heavy atom. The maximum Gasteiger partial charge on any atom is 0.410 e. The van der Waals surface area contributed by atoms with Gasteiger partial charge in [0.2, 0.25) is 0 Å². The minimum absolute atomic E-state index is 0.252. The molecule has 1 fully saturated rings. The molecule has 1 atom stereocenters. The standard InChI is InChI=1S/C14H17NO3/c16-10-13-8-4-5-9-15(13)14(17)18-11-12-6-2-1-3-7-12/h1-3,6-7,10,13H,4-5,8-9,11H2/t13-/m1/s1. The molecule has 0 aliphatic carbocycles. The second-order valence-corrected chi connectivity index (χ2v) is 4.43. The van der Waals surface area contributed by atoms with E-state index in [1.807, 2.05) is 30.3 Å². The van der Waals surface area contributed by atoms with Crippen LogP contribution in [-0.4, -0.2) is 29.9 Å². The number of amides is 1. The number of carbonyl (C=O) groups excluding carboxylic acids is 2. The molecule has 0 N–H and O–H groups in total. The van der Waals surface area contributed by atoms with Gasteiger partial charge in [-0.15, -0.1) is 0 Å². The molecule has 0 unspecified atom stereocenters. The second-order valence-electron chi connectivity index (χ2n) is 4.43. The third-order valence-corrected chi connectivity index (χ3v) is 3.15. The van der Waals surface area contributed by atoms with Crippen molar-refractivity contribution in [2.45, 2.75) is 31.9 Å². The summed E-state index contributed by atoms with van der Waals surface area (Å²) >= 11 is 0. The van der Waals surface area contributed by atoms with Gasteiger partial charge >= 0.3 is 6.09 Å². The molecule has 0 saturated carbocycles. The number of likely N-dealkylation sites (tertiary alicyclic amines) is 1. The zero-order valence-corrected chi connectivity index (χ0v) is 10.2.